The first kappa shape index (κ1) is 18.8. The number of benzene rings is 2. The molecule has 24 heavy (non-hydrogen) atoms. The largest absolute Gasteiger partial charge is 0.548 e. The zero-order valence-corrected chi connectivity index (χ0v) is 14.9. The molecule has 0 aliphatic rings. The lowest BCUT2D eigenvalue weighted by Crippen LogP contribution is -2.49. The second-order valence-corrected chi connectivity index (χ2v) is 8.13. The molecule has 1 atom stereocenters. The highest BCUT2D eigenvalue weighted by Gasteiger charge is 2.21. The van der Waals surface area contributed by atoms with Crippen LogP contribution >= 0.6 is 23.4 Å². The van der Waals surface area contributed by atoms with Gasteiger partial charge in [0.1, 0.15) is 0 Å². The predicted octanol–water partition coefficient (Wildman–Crippen LogP) is 1.67. The summed E-state index contributed by atoms with van der Waals surface area (Å²) < 4.78 is 26.6. The van der Waals surface area contributed by atoms with Crippen LogP contribution in [0.25, 0.3) is 0 Å². The van der Waals surface area contributed by atoms with Gasteiger partial charge in [0.25, 0.3) is 0 Å². The Bertz CT molecular complexity index is 779. The molecule has 0 radical (unpaired) electrons. The number of hydrogen-bond acceptors (Lipinski definition) is 5. The highest BCUT2D eigenvalue weighted by atomic mass is 35.5. The Balaban J connectivity index is 2.00. The lowest BCUT2D eigenvalue weighted by atomic mass is 10.2. The molecular weight excluding hydrogens is 370 g/mol. The summed E-state index contributed by atoms with van der Waals surface area (Å²) in [5, 5.41) is 11.6. The molecule has 2 aromatic rings. The number of sulfonamides is 1. The van der Waals surface area contributed by atoms with E-state index in [0.717, 1.165) is 5.56 Å². The minimum Gasteiger partial charge on any atom is -0.548 e. The first-order chi connectivity index (χ1) is 11.4. The molecule has 0 heterocycles. The summed E-state index contributed by atoms with van der Waals surface area (Å²) in [6.45, 7) is 0. The third-order valence-corrected chi connectivity index (χ3v) is 5.95. The third kappa shape index (κ3) is 5.52. The van der Waals surface area contributed by atoms with E-state index in [1.165, 1.54) is 36.0 Å². The van der Waals surface area contributed by atoms with Gasteiger partial charge >= 0.3 is 0 Å². The lowest BCUT2D eigenvalue weighted by molar-refractivity contribution is -0.307. The van der Waals surface area contributed by atoms with E-state index < -0.39 is 22.0 Å². The number of carboxylic acids is 1. The van der Waals surface area contributed by atoms with Crippen LogP contribution in [0, 0.1) is 0 Å². The van der Waals surface area contributed by atoms with Crippen LogP contribution in [0.15, 0.2) is 59.5 Å². The Kier molecular flexibility index (Phi) is 6.68. The number of hydrogen-bond donors (Lipinski definition) is 1. The second-order valence-electron chi connectivity index (χ2n) is 4.95. The molecule has 0 aliphatic heterocycles. The molecule has 0 saturated carbocycles. The molecule has 0 bridgehead atoms. The molecule has 0 unspecified atom stereocenters. The van der Waals surface area contributed by atoms with Gasteiger partial charge in [-0.05, 0) is 29.8 Å². The SMILES string of the molecule is O=C([O-])[C@H](CSCc1ccccc1)NS(=O)(=O)c1ccc(Cl)cc1. The molecule has 0 aromatic heterocycles. The highest BCUT2D eigenvalue weighted by molar-refractivity contribution is 7.98. The molecule has 0 saturated heterocycles. The van der Waals surface area contributed by atoms with Crippen LogP contribution in [0.5, 0.6) is 0 Å². The molecule has 0 aliphatic carbocycles. The van der Waals surface area contributed by atoms with E-state index >= 15 is 0 Å². The molecule has 0 amide bonds. The molecular formula is C16H15ClNO4S2-. The fourth-order valence-corrected chi connectivity index (χ4v) is 4.31. The molecule has 2 aromatic carbocycles. The zero-order valence-electron chi connectivity index (χ0n) is 12.5. The first-order valence-electron chi connectivity index (χ1n) is 6.99. The summed E-state index contributed by atoms with van der Waals surface area (Å²) in [5.41, 5.74) is 1.03. The number of rotatable bonds is 8. The standard InChI is InChI=1S/C16H16ClNO4S2/c17-13-6-8-14(9-7-13)24(21,22)18-15(16(19)20)11-23-10-12-4-2-1-3-5-12/h1-9,15,18H,10-11H2,(H,19,20)/p-1/t15-/m0/s1. The Hall–Kier alpha value is -1.54. The maximum atomic E-state index is 12.2. The van der Waals surface area contributed by atoms with Gasteiger partial charge in [-0.1, -0.05) is 41.9 Å². The van der Waals surface area contributed by atoms with Crippen molar-refractivity contribution in [2.24, 2.45) is 0 Å². The maximum Gasteiger partial charge on any atom is 0.241 e. The molecule has 8 heteroatoms. The number of aliphatic carboxylic acids is 1. The number of carbonyl (C=O) groups is 1. The van der Waals surface area contributed by atoms with Crippen molar-refractivity contribution in [2.75, 3.05) is 5.75 Å². The van der Waals surface area contributed by atoms with Crippen molar-refractivity contribution in [2.45, 2.75) is 16.7 Å². The smallest absolute Gasteiger partial charge is 0.241 e. The van der Waals surface area contributed by atoms with Crippen LogP contribution in [0.3, 0.4) is 0 Å². The molecule has 5 nitrogen and oxygen atoms in total. The minimum absolute atomic E-state index is 0.0498. The van der Waals surface area contributed by atoms with Crippen LogP contribution in [0.4, 0.5) is 0 Å². The van der Waals surface area contributed by atoms with Gasteiger partial charge < -0.3 is 9.90 Å². The second kappa shape index (κ2) is 8.53. The lowest BCUT2D eigenvalue weighted by Gasteiger charge is -2.19. The van der Waals surface area contributed by atoms with E-state index in [0.29, 0.717) is 10.8 Å². The van der Waals surface area contributed by atoms with Crippen LogP contribution < -0.4 is 9.83 Å². The topological polar surface area (TPSA) is 86.3 Å². The summed E-state index contributed by atoms with van der Waals surface area (Å²) >= 11 is 7.03. The van der Waals surface area contributed by atoms with Gasteiger partial charge in [0.15, 0.2) is 0 Å². The van der Waals surface area contributed by atoms with Crippen LogP contribution in [-0.2, 0) is 20.6 Å². The van der Waals surface area contributed by atoms with Crippen LogP contribution in [0.1, 0.15) is 5.56 Å². The van der Waals surface area contributed by atoms with Crippen molar-refractivity contribution in [3.8, 4) is 0 Å². The molecule has 1 N–H and O–H groups in total. The monoisotopic (exact) mass is 384 g/mol. The number of thioether (sulfide) groups is 1. The van der Waals surface area contributed by atoms with Crippen molar-refractivity contribution in [1.29, 1.82) is 0 Å². The number of carboxylic acid groups (broad SMARTS) is 1. The van der Waals surface area contributed by atoms with E-state index in [9.17, 15) is 18.3 Å². The van der Waals surface area contributed by atoms with Crippen molar-refractivity contribution in [1.82, 2.24) is 4.72 Å². The van der Waals surface area contributed by atoms with E-state index in [-0.39, 0.29) is 10.6 Å². The normalized spacial score (nSPS) is 12.7. The van der Waals surface area contributed by atoms with Gasteiger partial charge in [0, 0.05) is 16.5 Å². The molecule has 0 fully saturated rings. The van der Waals surface area contributed by atoms with Gasteiger partial charge in [0.2, 0.25) is 10.0 Å². The minimum atomic E-state index is -3.96. The van der Waals surface area contributed by atoms with Crippen molar-refractivity contribution >= 4 is 39.4 Å². The number of nitrogens with one attached hydrogen (secondary N) is 1. The summed E-state index contributed by atoms with van der Waals surface area (Å²) in [5.74, 6) is -0.828. The molecule has 128 valence electrons. The summed E-state index contributed by atoms with van der Waals surface area (Å²) in [6.07, 6.45) is 0. The van der Waals surface area contributed by atoms with E-state index in [2.05, 4.69) is 4.72 Å². The Labute approximate surface area is 150 Å². The van der Waals surface area contributed by atoms with Gasteiger partial charge in [-0.15, -0.1) is 0 Å². The summed E-state index contributed by atoms with van der Waals surface area (Å²) in [6, 6.07) is 13.6. The van der Waals surface area contributed by atoms with E-state index in [1.54, 1.807) is 0 Å². The third-order valence-electron chi connectivity index (χ3n) is 3.10. The quantitative estimate of drug-likeness (QED) is 0.748. The van der Waals surface area contributed by atoms with Crippen LogP contribution in [-0.4, -0.2) is 26.2 Å². The maximum absolute atomic E-state index is 12.2. The first-order valence-corrected chi connectivity index (χ1v) is 10.0. The van der Waals surface area contributed by atoms with Gasteiger partial charge in [0.05, 0.1) is 16.9 Å². The van der Waals surface area contributed by atoms with Gasteiger partial charge in [-0.25, -0.2) is 13.1 Å². The zero-order chi connectivity index (χ0) is 17.6. The molecule has 0 spiro atoms. The van der Waals surface area contributed by atoms with E-state index in [4.69, 9.17) is 11.6 Å². The van der Waals surface area contributed by atoms with Gasteiger partial charge in [-0.3, -0.25) is 0 Å². The van der Waals surface area contributed by atoms with E-state index in [1.807, 2.05) is 30.3 Å². The average Bonchev–Trinajstić information content (AvgIpc) is 2.55. The summed E-state index contributed by atoms with van der Waals surface area (Å²) in [4.78, 5) is 11.2. The Morgan fingerprint density at radius 2 is 1.75 bits per heavy atom. The number of halogens is 1. The Morgan fingerprint density at radius 3 is 2.33 bits per heavy atom. The van der Waals surface area contributed by atoms with Gasteiger partial charge in [-0.2, -0.15) is 11.8 Å². The van der Waals surface area contributed by atoms with Crippen molar-refractivity contribution in [3.63, 3.8) is 0 Å². The van der Waals surface area contributed by atoms with Crippen molar-refractivity contribution in [3.05, 3.63) is 65.2 Å². The number of carbonyl (C=O) groups excluding carboxylic acids is 1. The van der Waals surface area contributed by atoms with Crippen molar-refractivity contribution < 1.29 is 18.3 Å². The fraction of sp³-hybridized carbons (Fsp3) is 0.188. The Morgan fingerprint density at radius 1 is 1.12 bits per heavy atom. The fourth-order valence-electron chi connectivity index (χ4n) is 1.89. The highest BCUT2D eigenvalue weighted by Crippen LogP contribution is 2.16. The predicted molar refractivity (Wildman–Crippen MR) is 93.2 cm³/mol. The summed E-state index contributed by atoms with van der Waals surface area (Å²) in [7, 11) is -3.96. The molecule has 2 rings (SSSR count). The average molecular weight is 385 g/mol. The van der Waals surface area contributed by atoms with Crippen LogP contribution in [0.2, 0.25) is 5.02 Å².